The third-order valence-electron chi connectivity index (χ3n) is 5.75. The minimum Gasteiger partial charge on any atom is -0.283 e. The number of hydrogen-bond donors (Lipinski definition) is 1. The lowest BCUT2D eigenvalue weighted by atomic mass is 9.77. The van der Waals surface area contributed by atoms with E-state index in [2.05, 4.69) is 20.8 Å². The number of rotatable bonds is 5. The Bertz CT molecular complexity index is 854. The van der Waals surface area contributed by atoms with E-state index in [0.29, 0.717) is 23.7 Å². The zero-order chi connectivity index (χ0) is 17.4. The highest BCUT2D eigenvalue weighted by Crippen LogP contribution is 2.57. The average molecular weight is 357 g/mol. The lowest BCUT2D eigenvalue weighted by molar-refractivity contribution is 0.302. The summed E-state index contributed by atoms with van der Waals surface area (Å²) in [5, 5.41) is 0. The first-order valence-electron chi connectivity index (χ1n) is 8.81. The van der Waals surface area contributed by atoms with Crippen LogP contribution >= 0.6 is 0 Å². The molecule has 0 aliphatic heterocycles. The molecule has 1 aromatic heterocycles. The molecule has 2 saturated carbocycles. The number of aromatic nitrogens is 2. The van der Waals surface area contributed by atoms with Crippen LogP contribution in [0.25, 0.3) is 0 Å². The molecule has 1 N–H and O–H groups in total. The molecule has 2 aliphatic carbocycles. The van der Waals surface area contributed by atoms with Crippen molar-refractivity contribution in [1.29, 1.82) is 0 Å². The Morgan fingerprint density at radius 1 is 1.12 bits per heavy atom. The van der Waals surface area contributed by atoms with Gasteiger partial charge >= 0.3 is 0 Å². The van der Waals surface area contributed by atoms with Crippen LogP contribution in [-0.4, -0.2) is 24.6 Å². The van der Waals surface area contributed by atoms with E-state index < -0.39 is 10.0 Å². The fourth-order valence-electron chi connectivity index (χ4n) is 4.84. The predicted octanol–water partition coefficient (Wildman–Crippen LogP) is 3.22. The van der Waals surface area contributed by atoms with Crippen molar-refractivity contribution in [3.05, 3.63) is 54.1 Å². The van der Waals surface area contributed by atoms with Crippen molar-refractivity contribution < 1.29 is 8.42 Å². The zero-order valence-electron chi connectivity index (χ0n) is 14.3. The Morgan fingerprint density at radius 3 is 2.64 bits per heavy atom. The molecule has 0 saturated heterocycles. The molecule has 25 heavy (non-hydrogen) atoms. The van der Waals surface area contributed by atoms with Crippen LogP contribution < -0.4 is 4.72 Å². The molecule has 4 atom stereocenters. The molecular formula is C19H23N3O2S. The summed E-state index contributed by atoms with van der Waals surface area (Å²) in [5.41, 5.74) is 2.97. The van der Waals surface area contributed by atoms with Gasteiger partial charge in [0.25, 0.3) is 0 Å². The van der Waals surface area contributed by atoms with Crippen LogP contribution in [0.3, 0.4) is 0 Å². The topological polar surface area (TPSA) is 72.0 Å². The maximum Gasteiger partial charge on any atom is 0.229 e. The number of anilines is 1. The molecule has 4 rings (SSSR count). The Hall–Kier alpha value is -1.95. The first kappa shape index (κ1) is 16.5. The number of para-hydroxylation sites is 1. The first-order chi connectivity index (χ1) is 12.0. The molecule has 4 unspecified atom stereocenters. The molecule has 2 aromatic rings. The molecule has 1 heterocycles. The average Bonchev–Trinajstić information content (AvgIpc) is 3.15. The van der Waals surface area contributed by atoms with Crippen molar-refractivity contribution in [3.8, 4) is 0 Å². The maximum absolute atomic E-state index is 11.7. The smallest absolute Gasteiger partial charge is 0.229 e. The molecular weight excluding hydrogens is 334 g/mol. The minimum absolute atomic E-state index is 0.452. The number of benzene rings is 1. The summed E-state index contributed by atoms with van der Waals surface area (Å²) < 4.78 is 26.0. The first-order valence-corrected chi connectivity index (χ1v) is 10.7. The van der Waals surface area contributed by atoms with E-state index >= 15 is 0 Å². The summed E-state index contributed by atoms with van der Waals surface area (Å²) >= 11 is 0. The monoisotopic (exact) mass is 357 g/mol. The summed E-state index contributed by atoms with van der Waals surface area (Å²) in [5.74, 6) is 2.46. The second-order valence-corrected chi connectivity index (χ2v) is 9.20. The van der Waals surface area contributed by atoms with Gasteiger partial charge in [-0.2, -0.15) is 0 Å². The zero-order valence-corrected chi connectivity index (χ0v) is 15.1. The van der Waals surface area contributed by atoms with Gasteiger partial charge in [0.15, 0.2) is 0 Å². The Balaban J connectivity index is 1.50. The van der Waals surface area contributed by atoms with Gasteiger partial charge < -0.3 is 0 Å². The van der Waals surface area contributed by atoms with Gasteiger partial charge in [-0.05, 0) is 61.0 Å². The lowest BCUT2D eigenvalue weighted by Gasteiger charge is -2.29. The summed E-state index contributed by atoms with van der Waals surface area (Å²) in [7, 11) is -3.26. The third kappa shape index (κ3) is 3.54. The van der Waals surface area contributed by atoms with E-state index in [9.17, 15) is 8.42 Å². The fraction of sp³-hybridized carbons (Fsp3) is 0.474. The number of sulfonamides is 1. The van der Waals surface area contributed by atoms with Crippen molar-refractivity contribution in [2.45, 2.75) is 31.6 Å². The highest BCUT2D eigenvalue weighted by molar-refractivity contribution is 7.92. The van der Waals surface area contributed by atoms with Crippen LogP contribution in [-0.2, 0) is 16.4 Å². The van der Waals surface area contributed by atoms with Gasteiger partial charge in [0, 0.05) is 18.6 Å². The molecule has 0 radical (unpaired) electrons. The van der Waals surface area contributed by atoms with Gasteiger partial charge in [0.05, 0.1) is 17.6 Å². The van der Waals surface area contributed by atoms with Crippen LogP contribution in [0.15, 0.2) is 42.9 Å². The summed E-state index contributed by atoms with van der Waals surface area (Å²) in [6.07, 6.45) is 11.1. The van der Waals surface area contributed by atoms with Gasteiger partial charge in [-0.25, -0.2) is 8.42 Å². The number of hydrogen-bond acceptors (Lipinski definition) is 4. The van der Waals surface area contributed by atoms with E-state index in [1.807, 2.05) is 24.4 Å². The van der Waals surface area contributed by atoms with Gasteiger partial charge in [0.2, 0.25) is 10.0 Å². The second kappa shape index (κ2) is 6.41. The standard InChI is InChI=1S/C19H23N3O2S/c1-25(23,24)22-19-5-3-2-4-17(19)18-11-14-9-15(18)8-13(14)10-16-12-20-6-7-21-16/h2-7,12-15,18,22H,8-11H2,1H3. The molecule has 132 valence electrons. The van der Waals surface area contributed by atoms with E-state index in [1.54, 1.807) is 12.4 Å². The number of nitrogens with zero attached hydrogens (tertiary/aromatic N) is 2. The molecule has 1 aromatic carbocycles. The molecule has 0 spiro atoms. The Labute approximate surface area is 149 Å². The number of fused-ring (bicyclic) bond motifs is 2. The van der Waals surface area contributed by atoms with E-state index in [4.69, 9.17) is 0 Å². The largest absolute Gasteiger partial charge is 0.283 e. The summed E-state index contributed by atoms with van der Waals surface area (Å²) in [6, 6.07) is 7.85. The molecule has 5 nitrogen and oxygen atoms in total. The molecule has 2 bridgehead atoms. The molecule has 2 fully saturated rings. The van der Waals surface area contributed by atoms with Gasteiger partial charge in [0.1, 0.15) is 0 Å². The highest BCUT2D eigenvalue weighted by Gasteiger charge is 2.46. The van der Waals surface area contributed by atoms with Crippen molar-refractivity contribution in [1.82, 2.24) is 9.97 Å². The van der Waals surface area contributed by atoms with Gasteiger partial charge in [-0.3, -0.25) is 14.7 Å². The Morgan fingerprint density at radius 2 is 1.96 bits per heavy atom. The fourth-order valence-corrected chi connectivity index (χ4v) is 5.43. The van der Waals surface area contributed by atoms with Crippen LogP contribution in [0, 0.1) is 17.8 Å². The summed E-state index contributed by atoms with van der Waals surface area (Å²) in [4.78, 5) is 8.59. The third-order valence-corrected chi connectivity index (χ3v) is 6.34. The molecule has 0 amide bonds. The van der Waals surface area contributed by atoms with Crippen LogP contribution in [0.5, 0.6) is 0 Å². The predicted molar refractivity (Wildman–Crippen MR) is 97.7 cm³/mol. The maximum atomic E-state index is 11.7. The van der Waals surface area contributed by atoms with Crippen LogP contribution in [0.1, 0.15) is 36.4 Å². The molecule has 6 heteroatoms. The van der Waals surface area contributed by atoms with Crippen molar-refractivity contribution in [3.63, 3.8) is 0 Å². The minimum atomic E-state index is -3.26. The van der Waals surface area contributed by atoms with Gasteiger partial charge in [-0.1, -0.05) is 18.2 Å². The van der Waals surface area contributed by atoms with Crippen molar-refractivity contribution >= 4 is 15.7 Å². The van der Waals surface area contributed by atoms with Crippen LogP contribution in [0.4, 0.5) is 5.69 Å². The number of nitrogens with one attached hydrogen (secondary N) is 1. The normalized spacial score (nSPS) is 28.2. The molecule has 2 aliphatic rings. The van der Waals surface area contributed by atoms with E-state index in [0.717, 1.165) is 29.8 Å². The lowest BCUT2D eigenvalue weighted by Crippen LogP contribution is -2.20. The van der Waals surface area contributed by atoms with E-state index in [1.165, 1.54) is 19.1 Å². The van der Waals surface area contributed by atoms with Crippen LogP contribution in [0.2, 0.25) is 0 Å². The van der Waals surface area contributed by atoms with Gasteiger partial charge in [-0.15, -0.1) is 0 Å². The highest BCUT2D eigenvalue weighted by atomic mass is 32.2. The quantitative estimate of drug-likeness (QED) is 0.892. The summed E-state index contributed by atoms with van der Waals surface area (Å²) in [6.45, 7) is 0. The Kier molecular flexibility index (Phi) is 4.23. The van der Waals surface area contributed by atoms with Crippen molar-refractivity contribution in [2.75, 3.05) is 11.0 Å². The van der Waals surface area contributed by atoms with Crippen molar-refractivity contribution in [2.24, 2.45) is 17.8 Å². The van der Waals surface area contributed by atoms with E-state index in [-0.39, 0.29) is 0 Å². The second-order valence-electron chi connectivity index (χ2n) is 7.46. The SMILES string of the molecule is CS(=O)(=O)Nc1ccccc1C1CC2CC1CC2Cc1cnccn1.